The molecule has 56 valence electrons. The Hall–Kier alpha value is -0.560. The molecule has 0 aromatic rings. The molecule has 10 heavy (non-hydrogen) atoms. The predicted molar refractivity (Wildman–Crippen MR) is 43.0 cm³/mol. The van der Waals surface area contributed by atoms with Crippen molar-refractivity contribution < 1.29 is 4.74 Å². The number of hydrogen-bond acceptors (Lipinski definition) is 1. The number of rotatable bonds is 4. The lowest BCUT2D eigenvalue weighted by Crippen LogP contribution is -1.93. The zero-order valence-corrected chi connectivity index (χ0v) is 6.52. The van der Waals surface area contributed by atoms with Crippen LogP contribution in [-0.4, -0.2) is 13.2 Å². The molecule has 1 nitrogen and oxygen atoms in total. The third-order valence-electron chi connectivity index (χ3n) is 1.38. The molecular formula is C9H14O. The summed E-state index contributed by atoms with van der Waals surface area (Å²) in [6.45, 7) is 7.18. The van der Waals surface area contributed by atoms with Crippen molar-refractivity contribution in [2.75, 3.05) is 13.2 Å². The summed E-state index contributed by atoms with van der Waals surface area (Å²) in [6, 6.07) is 0. The van der Waals surface area contributed by atoms with Crippen LogP contribution in [0, 0.1) is 0 Å². The van der Waals surface area contributed by atoms with Crippen LogP contribution in [0.3, 0.4) is 0 Å². The van der Waals surface area contributed by atoms with Gasteiger partial charge in [-0.25, -0.2) is 0 Å². The molecule has 0 radical (unpaired) electrons. The van der Waals surface area contributed by atoms with E-state index >= 15 is 0 Å². The first kappa shape index (κ1) is 7.55. The molecule has 1 rings (SSSR count). The highest BCUT2D eigenvalue weighted by Crippen LogP contribution is 2.26. The van der Waals surface area contributed by atoms with Gasteiger partial charge < -0.3 is 4.74 Å². The van der Waals surface area contributed by atoms with Gasteiger partial charge in [0.05, 0.1) is 13.2 Å². The van der Waals surface area contributed by atoms with Crippen LogP contribution < -0.4 is 0 Å². The lowest BCUT2D eigenvalue weighted by atomic mass is 10.4. The molecular weight excluding hydrogens is 124 g/mol. The fourth-order valence-corrected chi connectivity index (χ4v) is 0.686. The molecule has 0 amide bonds. The van der Waals surface area contributed by atoms with Crippen LogP contribution in [0.25, 0.3) is 0 Å². The first-order chi connectivity index (χ1) is 4.79. The number of hydrogen-bond donors (Lipinski definition) is 0. The van der Waals surface area contributed by atoms with Crippen molar-refractivity contribution >= 4 is 0 Å². The number of ether oxygens (including phenoxy) is 1. The highest BCUT2D eigenvalue weighted by Gasteiger charge is 2.08. The minimum atomic E-state index is 0.698. The molecule has 0 bridgehead atoms. The second-order valence-corrected chi connectivity index (χ2v) is 2.83. The minimum Gasteiger partial charge on any atom is -0.373 e. The van der Waals surface area contributed by atoms with Gasteiger partial charge in [0.1, 0.15) is 0 Å². The van der Waals surface area contributed by atoms with Gasteiger partial charge in [-0.1, -0.05) is 23.8 Å². The molecule has 1 saturated carbocycles. The normalized spacial score (nSPS) is 15.1. The van der Waals surface area contributed by atoms with E-state index in [1.807, 2.05) is 6.92 Å². The van der Waals surface area contributed by atoms with Crippen molar-refractivity contribution in [3.05, 3.63) is 23.8 Å². The molecule has 1 fully saturated rings. The molecule has 1 aliphatic carbocycles. The molecule has 0 heterocycles. The molecule has 0 unspecified atom stereocenters. The van der Waals surface area contributed by atoms with E-state index in [2.05, 4.69) is 12.7 Å². The van der Waals surface area contributed by atoms with Gasteiger partial charge in [0, 0.05) is 0 Å². The lowest BCUT2D eigenvalue weighted by molar-refractivity contribution is 0.187. The average Bonchev–Trinajstić information content (AvgIpc) is 2.62. The summed E-state index contributed by atoms with van der Waals surface area (Å²) in [7, 11) is 0. The van der Waals surface area contributed by atoms with E-state index in [0.29, 0.717) is 6.61 Å². The van der Waals surface area contributed by atoms with Crippen LogP contribution in [0.5, 0.6) is 0 Å². The molecule has 0 saturated heterocycles. The Bertz CT molecular complexity index is 150. The molecule has 0 spiro atoms. The summed E-state index contributed by atoms with van der Waals surface area (Å²) in [6.07, 6.45) is 4.75. The van der Waals surface area contributed by atoms with Crippen LogP contribution in [0.4, 0.5) is 0 Å². The van der Waals surface area contributed by atoms with Crippen molar-refractivity contribution in [3.63, 3.8) is 0 Å². The Morgan fingerprint density at radius 3 is 2.90 bits per heavy atom. The first-order valence-electron chi connectivity index (χ1n) is 3.69. The van der Waals surface area contributed by atoms with E-state index in [9.17, 15) is 0 Å². The molecule has 0 atom stereocenters. The topological polar surface area (TPSA) is 9.23 Å². The van der Waals surface area contributed by atoms with E-state index in [-0.39, 0.29) is 0 Å². The van der Waals surface area contributed by atoms with Gasteiger partial charge in [0.25, 0.3) is 0 Å². The maximum atomic E-state index is 5.27. The fourth-order valence-electron chi connectivity index (χ4n) is 0.686. The Morgan fingerprint density at radius 2 is 2.40 bits per heavy atom. The lowest BCUT2D eigenvalue weighted by Gasteiger charge is -1.97. The Kier molecular flexibility index (Phi) is 2.69. The molecule has 1 heteroatoms. The van der Waals surface area contributed by atoms with E-state index in [1.54, 1.807) is 5.57 Å². The van der Waals surface area contributed by atoms with Crippen LogP contribution in [0.1, 0.15) is 19.8 Å². The van der Waals surface area contributed by atoms with E-state index in [4.69, 9.17) is 4.74 Å². The van der Waals surface area contributed by atoms with Crippen molar-refractivity contribution in [2.24, 2.45) is 0 Å². The van der Waals surface area contributed by atoms with Gasteiger partial charge in [-0.3, -0.25) is 0 Å². The van der Waals surface area contributed by atoms with Crippen LogP contribution in [0.15, 0.2) is 23.8 Å². The average molecular weight is 138 g/mol. The summed E-state index contributed by atoms with van der Waals surface area (Å²) < 4.78 is 5.27. The minimum absolute atomic E-state index is 0.698. The van der Waals surface area contributed by atoms with E-state index < -0.39 is 0 Å². The van der Waals surface area contributed by atoms with Gasteiger partial charge in [-0.15, -0.1) is 0 Å². The van der Waals surface area contributed by atoms with Gasteiger partial charge >= 0.3 is 0 Å². The molecule has 0 N–H and O–H groups in total. The van der Waals surface area contributed by atoms with Crippen molar-refractivity contribution in [1.82, 2.24) is 0 Å². The third-order valence-corrected chi connectivity index (χ3v) is 1.38. The summed E-state index contributed by atoms with van der Waals surface area (Å²) in [5.74, 6) is 0. The second kappa shape index (κ2) is 3.57. The van der Waals surface area contributed by atoms with E-state index in [1.165, 1.54) is 12.8 Å². The van der Waals surface area contributed by atoms with Crippen LogP contribution >= 0.6 is 0 Å². The summed E-state index contributed by atoms with van der Waals surface area (Å²) in [4.78, 5) is 0. The Balaban J connectivity index is 1.95. The quantitative estimate of drug-likeness (QED) is 0.428. The monoisotopic (exact) mass is 138 g/mol. The Morgan fingerprint density at radius 1 is 1.70 bits per heavy atom. The maximum Gasteiger partial charge on any atom is 0.0675 e. The summed E-state index contributed by atoms with van der Waals surface area (Å²) in [5, 5.41) is 0. The highest BCUT2D eigenvalue weighted by molar-refractivity contribution is 5.16. The van der Waals surface area contributed by atoms with Crippen molar-refractivity contribution in [3.8, 4) is 0 Å². The third kappa shape index (κ3) is 3.46. The fraction of sp³-hybridized carbons (Fsp3) is 0.556. The zero-order chi connectivity index (χ0) is 7.40. The smallest absolute Gasteiger partial charge is 0.0675 e. The van der Waals surface area contributed by atoms with Gasteiger partial charge in [0.2, 0.25) is 0 Å². The standard InChI is InChI=1S/C9H14O/c1-8(2)7-10-6-5-9-3-4-9/h5H,1,3-4,6-7H2,2H3. The van der Waals surface area contributed by atoms with E-state index in [0.717, 1.165) is 12.2 Å². The Labute approximate surface area is 62.4 Å². The highest BCUT2D eigenvalue weighted by atomic mass is 16.5. The van der Waals surface area contributed by atoms with Gasteiger partial charge in [0.15, 0.2) is 0 Å². The zero-order valence-electron chi connectivity index (χ0n) is 6.52. The summed E-state index contributed by atoms with van der Waals surface area (Å²) >= 11 is 0. The summed E-state index contributed by atoms with van der Waals surface area (Å²) in [5.41, 5.74) is 2.64. The first-order valence-corrected chi connectivity index (χ1v) is 3.69. The second-order valence-electron chi connectivity index (χ2n) is 2.83. The molecule has 0 aliphatic heterocycles. The van der Waals surface area contributed by atoms with Crippen LogP contribution in [-0.2, 0) is 4.74 Å². The SMILES string of the molecule is C=C(C)COCC=C1CC1. The molecule has 0 aromatic heterocycles. The van der Waals surface area contributed by atoms with Gasteiger partial charge in [-0.05, 0) is 19.8 Å². The molecule has 0 aromatic carbocycles. The van der Waals surface area contributed by atoms with Gasteiger partial charge in [-0.2, -0.15) is 0 Å². The largest absolute Gasteiger partial charge is 0.373 e. The van der Waals surface area contributed by atoms with Crippen molar-refractivity contribution in [1.29, 1.82) is 0 Å². The molecule has 1 aliphatic rings. The van der Waals surface area contributed by atoms with Crippen molar-refractivity contribution in [2.45, 2.75) is 19.8 Å². The maximum absolute atomic E-state index is 5.27. The predicted octanol–water partition coefficient (Wildman–Crippen LogP) is 2.30. The van der Waals surface area contributed by atoms with Crippen LogP contribution in [0.2, 0.25) is 0 Å². The number of allylic oxidation sites excluding steroid dienone is 1.